The first kappa shape index (κ1) is 18.4. The number of halogens is 1. The number of nitrogens with zero attached hydrogens (tertiary/aromatic N) is 1. The molecule has 1 saturated heterocycles. The summed E-state index contributed by atoms with van der Waals surface area (Å²) in [7, 11) is 0. The van der Waals surface area contributed by atoms with E-state index in [0.717, 1.165) is 10.5 Å². The second kappa shape index (κ2) is 7.89. The fourth-order valence-corrected chi connectivity index (χ4v) is 3.20. The molecule has 1 N–H and O–H groups in total. The van der Waals surface area contributed by atoms with Gasteiger partial charge in [-0.15, -0.1) is 0 Å². The van der Waals surface area contributed by atoms with Crippen LogP contribution in [0.3, 0.4) is 0 Å². The molecule has 26 heavy (non-hydrogen) atoms. The van der Waals surface area contributed by atoms with Gasteiger partial charge in [-0.05, 0) is 29.7 Å². The summed E-state index contributed by atoms with van der Waals surface area (Å²) in [6, 6.07) is 15.9. The molecule has 3 rings (SSSR count). The zero-order valence-corrected chi connectivity index (χ0v) is 15.1. The van der Waals surface area contributed by atoms with Crippen molar-refractivity contribution in [2.24, 2.45) is 5.92 Å². The van der Waals surface area contributed by atoms with E-state index in [0.29, 0.717) is 17.0 Å². The van der Waals surface area contributed by atoms with E-state index < -0.39 is 24.0 Å². The second-order valence-electron chi connectivity index (χ2n) is 6.41. The quantitative estimate of drug-likeness (QED) is 0.869. The van der Waals surface area contributed by atoms with Gasteiger partial charge in [0.1, 0.15) is 6.61 Å². The molecule has 0 spiro atoms. The van der Waals surface area contributed by atoms with Crippen molar-refractivity contribution in [1.29, 1.82) is 0 Å². The van der Waals surface area contributed by atoms with Crippen LogP contribution in [0.4, 0.5) is 4.79 Å². The largest absolute Gasteiger partial charge is 0.447 e. The summed E-state index contributed by atoms with van der Waals surface area (Å²) in [6.45, 7) is 1.76. The molecule has 0 radical (unpaired) electrons. The first-order chi connectivity index (χ1) is 12.5. The standard InChI is InChI=1S/C20H20ClNO4/c1-13(18(23)15-7-9-16(21)10-8-15)19(24)22-17(12-26-20(22)25)11-14-5-3-2-4-6-14/h2-10,13,17-18,23H,11-12H2,1H3/t13-,17?,18-/m1/s1. The van der Waals surface area contributed by atoms with Crippen LogP contribution in [0.2, 0.25) is 5.02 Å². The van der Waals surface area contributed by atoms with Gasteiger partial charge < -0.3 is 9.84 Å². The van der Waals surface area contributed by atoms with Gasteiger partial charge in [0.15, 0.2) is 0 Å². The minimum absolute atomic E-state index is 0.156. The molecule has 2 amide bonds. The fourth-order valence-electron chi connectivity index (χ4n) is 3.07. The maximum Gasteiger partial charge on any atom is 0.416 e. The van der Waals surface area contributed by atoms with E-state index in [-0.39, 0.29) is 12.6 Å². The molecule has 136 valence electrons. The van der Waals surface area contributed by atoms with Crippen molar-refractivity contribution < 1.29 is 19.4 Å². The molecule has 1 fully saturated rings. The first-order valence-electron chi connectivity index (χ1n) is 8.44. The Morgan fingerprint density at radius 3 is 2.54 bits per heavy atom. The lowest BCUT2D eigenvalue weighted by Crippen LogP contribution is -2.44. The predicted octanol–water partition coefficient (Wildman–Crippen LogP) is 3.60. The van der Waals surface area contributed by atoms with Gasteiger partial charge in [-0.1, -0.05) is 61.0 Å². The smallest absolute Gasteiger partial charge is 0.416 e. The Morgan fingerprint density at radius 1 is 1.23 bits per heavy atom. The van der Waals surface area contributed by atoms with Crippen LogP contribution in [0.1, 0.15) is 24.2 Å². The number of hydrogen-bond acceptors (Lipinski definition) is 4. The van der Waals surface area contributed by atoms with E-state index >= 15 is 0 Å². The number of hydrogen-bond donors (Lipinski definition) is 1. The highest BCUT2D eigenvalue weighted by Gasteiger charge is 2.41. The summed E-state index contributed by atoms with van der Waals surface area (Å²) >= 11 is 5.86. The maximum atomic E-state index is 12.9. The average Bonchev–Trinajstić information content (AvgIpc) is 3.01. The van der Waals surface area contributed by atoms with Crippen LogP contribution in [0.5, 0.6) is 0 Å². The fraction of sp³-hybridized carbons (Fsp3) is 0.300. The van der Waals surface area contributed by atoms with Gasteiger partial charge in [-0.3, -0.25) is 4.79 Å². The van der Waals surface area contributed by atoms with Crippen molar-refractivity contribution in [3.05, 3.63) is 70.7 Å². The number of imide groups is 1. The molecule has 6 heteroatoms. The van der Waals surface area contributed by atoms with Crippen molar-refractivity contribution in [3.8, 4) is 0 Å². The third-order valence-electron chi connectivity index (χ3n) is 4.59. The highest BCUT2D eigenvalue weighted by molar-refractivity contribution is 6.30. The summed E-state index contributed by atoms with van der Waals surface area (Å²) in [5.41, 5.74) is 1.59. The zero-order valence-electron chi connectivity index (χ0n) is 14.3. The van der Waals surface area contributed by atoms with E-state index in [1.807, 2.05) is 30.3 Å². The highest BCUT2D eigenvalue weighted by atomic mass is 35.5. The number of aliphatic hydroxyl groups excluding tert-OH is 1. The van der Waals surface area contributed by atoms with E-state index in [4.69, 9.17) is 16.3 Å². The molecular formula is C20H20ClNO4. The van der Waals surface area contributed by atoms with Crippen molar-refractivity contribution in [2.45, 2.75) is 25.5 Å². The summed E-state index contributed by atoms with van der Waals surface area (Å²) in [6.07, 6.45) is -1.18. The number of rotatable bonds is 5. The lowest BCUT2D eigenvalue weighted by atomic mass is 9.95. The molecule has 5 nitrogen and oxygen atoms in total. The number of cyclic esters (lactones) is 1. The Hall–Kier alpha value is -2.37. The van der Waals surface area contributed by atoms with Gasteiger partial charge in [0, 0.05) is 5.02 Å². The molecule has 1 heterocycles. The van der Waals surface area contributed by atoms with Crippen LogP contribution in [-0.4, -0.2) is 34.7 Å². The normalized spacial score (nSPS) is 19.1. The lowest BCUT2D eigenvalue weighted by molar-refractivity contribution is -0.136. The van der Waals surface area contributed by atoms with Crippen LogP contribution in [-0.2, 0) is 16.0 Å². The molecule has 0 aromatic heterocycles. The third-order valence-corrected chi connectivity index (χ3v) is 4.84. The zero-order chi connectivity index (χ0) is 18.7. The lowest BCUT2D eigenvalue weighted by Gasteiger charge is -2.25. The number of carbonyl (C=O) groups is 2. The Morgan fingerprint density at radius 2 is 1.88 bits per heavy atom. The Balaban J connectivity index is 1.75. The Kier molecular flexibility index (Phi) is 5.59. The molecule has 0 bridgehead atoms. The van der Waals surface area contributed by atoms with Gasteiger partial charge in [-0.25, -0.2) is 9.69 Å². The third kappa shape index (κ3) is 3.89. The van der Waals surface area contributed by atoms with Crippen LogP contribution in [0.25, 0.3) is 0 Å². The second-order valence-corrected chi connectivity index (χ2v) is 6.85. The van der Waals surface area contributed by atoms with Gasteiger partial charge in [0.2, 0.25) is 5.91 Å². The molecule has 2 aromatic carbocycles. The van der Waals surface area contributed by atoms with Crippen molar-refractivity contribution >= 4 is 23.6 Å². The SMILES string of the molecule is C[C@@H](C(=O)N1C(=O)OCC1Cc1ccccc1)[C@@H](O)c1ccc(Cl)cc1. The highest BCUT2D eigenvalue weighted by Crippen LogP contribution is 2.28. The molecule has 1 aliphatic rings. The predicted molar refractivity (Wildman–Crippen MR) is 97.7 cm³/mol. The molecule has 2 aromatic rings. The molecule has 0 saturated carbocycles. The molecule has 3 atom stereocenters. The monoisotopic (exact) mass is 373 g/mol. The summed E-state index contributed by atoms with van der Waals surface area (Å²) in [4.78, 5) is 26.1. The van der Waals surface area contributed by atoms with Crippen LogP contribution < -0.4 is 0 Å². The average molecular weight is 374 g/mol. The summed E-state index contributed by atoms with van der Waals surface area (Å²) in [5.74, 6) is -1.24. The number of benzene rings is 2. The van der Waals surface area contributed by atoms with Gasteiger partial charge >= 0.3 is 6.09 Å². The number of carbonyl (C=O) groups excluding carboxylic acids is 2. The van der Waals surface area contributed by atoms with E-state index in [2.05, 4.69) is 0 Å². The number of ether oxygens (including phenoxy) is 1. The van der Waals surface area contributed by atoms with Crippen LogP contribution in [0.15, 0.2) is 54.6 Å². The molecule has 0 aliphatic carbocycles. The number of amides is 2. The molecular weight excluding hydrogens is 354 g/mol. The Labute approximate surface area is 157 Å². The maximum absolute atomic E-state index is 12.9. The van der Waals surface area contributed by atoms with Crippen molar-refractivity contribution in [3.63, 3.8) is 0 Å². The minimum atomic E-state index is -1.04. The van der Waals surface area contributed by atoms with Gasteiger partial charge in [-0.2, -0.15) is 0 Å². The van der Waals surface area contributed by atoms with Crippen molar-refractivity contribution in [2.75, 3.05) is 6.61 Å². The first-order valence-corrected chi connectivity index (χ1v) is 8.82. The van der Waals surface area contributed by atoms with Crippen LogP contribution in [0, 0.1) is 5.92 Å². The Bertz CT molecular complexity index is 778. The molecule has 1 aliphatic heterocycles. The minimum Gasteiger partial charge on any atom is -0.447 e. The summed E-state index contributed by atoms with van der Waals surface area (Å²) < 4.78 is 5.09. The number of aliphatic hydroxyl groups is 1. The summed E-state index contributed by atoms with van der Waals surface area (Å²) in [5, 5.41) is 11.1. The molecule has 1 unspecified atom stereocenters. The van der Waals surface area contributed by atoms with Crippen molar-refractivity contribution in [1.82, 2.24) is 4.90 Å². The van der Waals surface area contributed by atoms with Crippen LogP contribution >= 0.6 is 11.6 Å². The van der Waals surface area contributed by atoms with E-state index in [1.54, 1.807) is 31.2 Å². The van der Waals surface area contributed by atoms with Gasteiger partial charge in [0.05, 0.1) is 18.1 Å². The van der Waals surface area contributed by atoms with E-state index in [1.165, 1.54) is 0 Å². The van der Waals surface area contributed by atoms with Gasteiger partial charge in [0.25, 0.3) is 0 Å². The van der Waals surface area contributed by atoms with E-state index in [9.17, 15) is 14.7 Å². The topological polar surface area (TPSA) is 66.8 Å².